The van der Waals surface area contributed by atoms with Crippen molar-refractivity contribution >= 4 is 15.9 Å². The zero-order valence-corrected chi connectivity index (χ0v) is 9.67. The molecule has 0 amide bonds. The summed E-state index contributed by atoms with van der Waals surface area (Å²) in [6.45, 7) is 2.04. The minimum Gasteiger partial charge on any atom is -0.359 e. The van der Waals surface area contributed by atoms with Crippen LogP contribution in [-0.2, 0) is 9.47 Å². The minimum atomic E-state index is -0.268. The van der Waals surface area contributed by atoms with Crippen LogP contribution in [0.4, 0.5) is 4.39 Å². The highest BCUT2D eigenvalue weighted by Crippen LogP contribution is 2.26. The summed E-state index contributed by atoms with van der Waals surface area (Å²) in [4.78, 5) is 0. The Morgan fingerprint density at radius 3 is 2.86 bits per heavy atom. The molecule has 0 heterocycles. The zero-order valence-electron chi connectivity index (χ0n) is 8.09. The van der Waals surface area contributed by atoms with Crippen LogP contribution in [0.25, 0.3) is 0 Å². The third-order valence-electron chi connectivity index (χ3n) is 1.83. The van der Waals surface area contributed by atoms with Gasteiger partial charge in [0.1, 0.15) is 12.6 Å². The molecule has 0 N–H and O–H groups in total. The maximum absolute atomic E-state index is 12.9. The van der Waals surface area contributed by atoms with Gasteiger partial charge in [0.05, 0.1) is 6.10 Å². The summed E-state index contributed by atoms with van der Waals surface area (Å²) >= 11 is 3.34. The SMILES string of the molecule is COCO[C@@H](C)c1cc(F)ccc1Br. The highest BCUT2D eigenvalue weighted by atomic mass is 79.9. The van der Waals surface area contributed by atoms with E-state index < -0.39 is 0 Å². The van der Waals surface area contributed by atoms with Crippen LogP contribution in [-0.4, -0.2) is 13.9 Å². The maximum Gasteiger partial charge on any atom is 0.147 e. The first-order valence-electron chi connectivity index (χ1n) is 4.20. The minimum absolute atomic E-state index is 0.194. The molecule has 0 unspecified atom stereocenters. The van der Waals surface area contributed by atoms with Crippen LogP contribution in [0.5, 0.6) is 0 Å². The Labute approximate surface area is 91.2 Å². The van der Waals surface area contributed by atoms with Crippen molar-refractivity contribution in [3.63, 3.8) is 0 Å². The van der Waals surface area contributed by atoms with E-state index in [0.29, 0.717) is 0 Å². The van der Waals surface area contributed by atoms with Crippen molar-refractivity contribution in [1.82, 2.24) is 0 Å². The maximum atomic E-state index is 12.9. The summed E-state index contributed by atoms with van der Waals surface area (Å²) in [5, 5.41) is 0. The second-order valence-corrected chi connectivity index (χ2v) is 3.74. The molecule has 1 aromatic rings. The Morgan fingerprint density at radius 2 is 2.21 bits per heavy atom. The molecule has 0 aliphatic rings. The highest BCUT2D eigenvalue weighted by molar-refractivity contribution is 9.10. The van der Waals surface area contributed by atoms with Gasteiger partial charge < -0.3 is 9.47 Å². The number of halogens is 2. The lowest BCUT2D eigenvalue weighted by Crippen LogP contribution is -2.04. The fourth-order valence-electron chi connectivity index (χ4n) is 1.09. The van der Waals surface area contributed by atoms with Crippen LogP contribution < -0.4 is 0 Å². The van der Waals surface area contributed by atoms with Crippen molar-refractivity contribution in [3.8, 4) is 0 Å². The lowest BCUT2D eigenvalue weighted by atomic mass is 10.1. The number of hydrogen-bond acceptors (Lipinski definition) is 2. The molecule has 0 spiro atoms. The molecule has 1 atom stereocenters. The molecule has 1 aromatic carbocycles. The molecule has 4 heteroatoms. The Balaban J connectivity index is 2.77. The zero-order chi connectivity index (χ0) is 10.6. The van der Waals surface area contributed by atoms with Crippen LogP contribution in [0.3, 0.4) is 0 Å². The van der Waals surface area contributed by atoms with Crippen LogP contribution in [0, 0.1) is 5.82 Å². The Bertz CT molecular complexity index is 304. The topological polar surface area (TPSA) is 18.5 Å². The van der Waals surface area contributed by atoms with Crippen molar-refractivity contribution in [2.24, 2.45) is 0 Å². The average Bonchev–Trinajstić information content (AvgIpc) is 2.18. The van der Waals surface area contributed by atoms with Gasteiger partial charge in [-0.3, -0.25) is 0 Å². The molecule has 0 aromatic heterocycles. The molecule has 14 heavy (non-hydrogen) atoms. The van der Waals surface area contributed by atoms with Crippen molar-refractivity contribution in [2.45, 2.75) is 13.0 Å². The van der Waals surface area contributed by atoms with E-state index in [1.807, 2.05) is 6.92 Å². The Hall–Kier alpha value is -0.450. The van der Waals surface area contributed by atoms with Crippen LogP contribution in [0.15, 0.2) is 22.7 Å². The summed E-state index contributed by atoms with van der Waals surface area (Å²) in [6, 6.07) is 4.51. The molecule has 2 nitrogen and oxygen atoms in total. The summed E-state index contributed by atoms with van der Waals surface area (Å²) < 4.78 is 23.8. The summed E-state index contributed by atoms with van der Waals surface area (Å²) in [5.74, 6) is -0.268. The van der Waals surface area contributed by atoms with E-state index in [0.717, 1.165) is 10.0 Å². The van der Waals surface area contributed by atoms with Crippen LogP contribution in [0.1, 0.15) is 18.6 Å². The monoisotopic (exact) mass is 262 g/mol. The molecule has 0 saturated heterocycles. The fourth-order valence-corrected chi connectivity index (χ4v) is 1.66. The molecule has 0 bridgehead atoms. The van der Waals surface area contributed by atoms with E-state index in [2.05, 4.69) is 15.9 Å². The van der Waals surface area contributed by atoms with Gasteiger partial charge in [-0.15, -0.1) is 0 Å². The van der Waals surface area contributed by atoms with E-state index in [9.17, 15) is 4.39 Å². The van der Waals surface area contributed by atoms with Gasteiger partial charge in [-0.1, -0.05) is 15.9 Å². The normalized spacial score (nSPS) is 12.9. The van der Waals surface area contributed by atoms with Gasteiger partial charge in [0.25, 0.3) is 0 Å². The van der Waals surface area contributed by atoms with E-state index in [4.69, 9.17) is 9.47 Å². The van der Waals surface area contributed by atoms with E-state index >= 15 is 0 Å². The molecular formula is C10H12BrFO2. The van der Waals surface area contributed by atoms with Crippen molar-refractivity contribution in [2.75, 3.05) is 13.9 Å². The first kappa shape index (κ1) is 11.6. The first-order chi connectivity index (χ1) is 6.65. The second-order valence-electron chi connectivity index (χ2n) is 2.88. The van der Waals surface area contributed by atoms with E-state index in [-0.39, 0.29) is 18.7 Å². The standard InChI is InChI=1S/C10H12BrFO2/c1-7(14-6-13-2)9-5-8(12)3-4-10(9)11/h3-5,7H,6H2,1-2H3/t7-/m0/s1. The van der Waals surface area contributed by atoms with Crippen LogP contribution in [0.2, 0.25) is 0 Å². The third-order valence-corrected chi connectivity index (χ3v) is 2.55. The fraction of sp³-hybridized carbons (Fsp3) is 0.400. The number of benzene rings is 1. The quantitative estimate of drug-likeness (QED) is 0.776. The summed E-state index contributed by atoms with van der Waals surface area (Å²) in [5.41, 5.74) is 0.780. The van der Waals surface area contributed by atoms with Crippen molar-refractivity contribution in [1.29, 1.82) is 0 Å². The van der Waals surface area contributed by atoms with Gasteiger partial charge in [0, 0.05) is 11.6 Å². The third kappa shape index (κ3) is 3.04. The van der Waals surface area contributed by atoms with Gasteiger partial charge in [0.2, 0.25) is 0 Å². The molecule has 78 valence electrons. The smallest absolute Gasteiger partial charge is 0.147 e. The van der Waals surface area contributed by atoms with Crippen LogP contribution >= 0.6 is 15.9 Å². The summed E-state index contributed by atoms with van der Waals surface area (Å²) in [6.07, 6.45) is -0.194. The Morgan fingerprint density at radius 1 is 1.50 bits per heavy atom. The van der Waals surface area contributed by atoms with Gasteiger partial charge in [-0.25, -0.2) is 4.39 Å². The number of ether oxygens (including phenoxy) is 2. The molecular weight excluding hydrogens is 251 g/mol. The van der Waals surface area contributed by atoms with Crippen molar-refractivity contribution in [3.05, 3.63) is 34.1 Å². The molecule has 0 radical (unpaired) electrons. The molecule has 0 saturated carbocycles. The first-order valence-corrected chi connectivity index (χ1v) is 5.00. The predicted molar refractivity (Wildman–Crippen MR) is 55.5 cm³/mol. The van der Waals surface area contributed by atoms with E-state index in [1.54, 1.807) is 13.2 Å². The second kappa shape index (κ2) is 5.44. The van der Waals surface area contributed by atoms with Gasteiger partial charge >= 0.3 is 0 Å². The molecule has 0 fully saturated rings. The number of hydrogen-bond donors (Lipinski definition) is 0. The lowest BCUT2D eigenvalue weighted by molar-refractivity contribution is -0.0669. The lowest BCUT2D eigenvalue weighted by Gasteiger charge is -2.14. The molecule has 1 rings (SSSR count). The van der Waals surface area contributed by atoms with Gasteiger partial charge in [-0.05, 0) is 30.7 Å². The largest absolute Gasteiger partial charge is 0.359 e. The average molecular weight is 263 g/mol. The molecule has 0 aliphatic heterocycles. The highest BCUT2D eigenvalue weighted by Gasteiger charge is 2.10. The number of methoxy groups -OCH3 is 1. The molecule has 0 aliphatic carbocycles. The Kier molecular flexibility index (Phi) is 4.51. The van der Waals surface area contributed by atoms with Gasteiger partial charge in [0.15, 0.2) is 0 Å². The predicted octanol–water partition coefficient (Wildman–Crippen LogP) is 3.27. The van der Waals surface area contributed by atoms with Gasteiger partial charge in [-0.2, -0.15) is 0 Å². The summed E-state index contributed by atoms with van der Waals surface area (Å²) in [7, 11) is 1.55. The number of rotatable bonds is 4. The van der Waals surface area contributed by atoms with E-state index in [1.165, 1.54) is 12.1 Å². The van der Waals surface area contributed by atoms with Crippen molar-refractivity contribution < 1.29 is 13.9 Å².